The lowest BCUT2D eigenvalue weighted by molar-refractivity contribution is 0.0577. The minimum atomic E-state index is -3.58. The maximum absolute atomic E-state index is 12.6. The van der Waals surface area contributed by atoms with Gasteiger partial charge in [0, 0.05) is 24.1 Å². The number of sulfonamides is 1. The highest BCUT2D eigenvalue weighted by Crippen LogP contribution is 2.29. The van der Waals surface area contributed by atoms with Gasteiger partial charge >= 0.3 is 0 Å². The van der Waals surface area contributed by atoms with Crippen LogP contribution in [-0.2, 0) is 14.8 Å². The van der Waals surface area contributed by atoms with E-state index in [0.29, 0.717) is 23.7 Å². The Morgan fingerprint density at radius 2 is 2.00 bits per heavy atom. The third-order valence-electron chi connectivity index (χ3n) is 4.26. The van der Waals surface area contributed by atoms with Gasteiger partial charge in [-0.05, 0) is 50.6 Å². The average Bonchev–Trinajstić information content (AvgIpc) is 2.49. The lowest BCUT2D eigenvalue weighted by atomic mass is 9.80. The molecule has 0 unspecified atom stereocenters. The molecule has 1 saturated heterocycles. The molecule has 0 bridgehead atoms. The van der Waals surface area contributed by atoms with Crippen LogP contribution < -0.4 is 10.0 Å². The van der Waals surface area contributed by atoms with Crippen LogP contribution in [0.1, 0.15) is 18.4 Å². The fraction of sp³-hybridized carbons (Fsp3) is 0.600. The minimum absolute atomic E-state index is 0. The summed E-state index contributed by atoms with van der Waals surface area (Å²) in [6, 6.07) is 4.92. The average molecular weight is 383 g/mol. The first kappa shape index (κ1) is 20.7. The first-order chi connectivity index (χ1) is 10.4. The van der Waals surface area contributed by atoms with Gasteiger partial charge in [0.15, 0.2) is 0 Å². The topological polar surface area (TPSA) is 67.4 Å². The molecule has 1 aromatic carbocycles. The van der Waals surface area contributed by atoms with E-state index in [1.54, 1.807) is 32.2 Å². The van der Waals surface area contributed by atoms with Gasteiger partial charge in [-0.25, -0.2) is 13.1 Å². The molecule has 1 fully saturated rings. The Morgan fingerprint density at radius 3 is 2.61 bits per heavy atom. The van der Waals surface area contributed by atoms with Gasteiger partial charge in [0.2, 0.25) is 10.0 Å². The van der Waals surface area contributed by atoms with Crippen molar-refractivity contribution in [1.29, 1.82) is 0 Å². The van der Waals surface area contributed by atoms with Gasteiger partial charge in [0.25, 0.3) is 0 Å². The van der Waals surface area contributed by atoms with Gasteiger partial charge in [-0.3, -0.25) is 0 Å². The van der Waals surface area contributed by atoms with Gasteiger partial charge in [-0.1, -0.05) is 17.7 Å². The summed E-state index contributed by atoms with van der Waals surface area (Å²) in [5.74, 6) is 0. The highest BCUT2D eigenvalue weighted by molar-refractivity contribution is 7.89. The number of benzene rings is 1. The quantitative estimate of drug-likeness (QED) is 0.792. The van der Waals surface area contributed by atoms with E-state index in [1.807, 2.05) is 0 Å². The molecule has 0 amide bonds. The summed E-state index contributed by atoms with van der Waals surface area (Å²) >= 11 is 6.03. The molecule has 0 aromatic heterocycles. The molecule has 2 rings (SSSR count). The van der Waals surface area contributed by atoms with Crippen LogP contribution in [0.25, 0.3) is 0 Å². The molecule has 2 N–H and O–H groups in total. The van der Waals surface area contributed by atoms with Gasteiger partial charge in [-0.15, -0.1) is 12.4 Å². The summed E-state index contributed by atoms with van der Waals surface area (Å²) in [5, 5.41) is 3.75. The van der Waals surface area contributed by atoms with Gasteiger partial charge < -0.3 is 10.1 Å². The van der Waals surface area contributed by atoms with Crippen molar-refractivity contribution in [3.63, 3.8) is 0 Å². The number of nitrogens with one attached hydrogen (secondary N) is 2. The van der Waals surface area contributed by atoms with Crippen LogP contribution in [0.5, 0.6) is 0 Å². The second-order valence-corrected chi connectivity index (χ2v) is 8.01. The van der Waals surface area contributed by atoms with E-state index in [1.165, 1.54) is 0 Å². The number of ether oxygens (including phenoxy) is 1. The third-order valence-corrected chi connectivity index (χ3v) is 6.21. The highest BCUT2D eigenvalue weighted by Gasteiger charge is 2.33. The van der Waals surface area contributed by atoms with Gasteiger partial charge in [0.05, 0.1) is 11.5 Å². The summed E-state index contributed by atoms with van der Waals surface area (Å²) in [6.45, 7) is 4.39. The van der Waals surface area contributed by atoms with E-state index in [9.17, 15) is 8.42 Å². The van der Waals surface area contributed by atoms with Crippen molar-refractivity contribution in [2.45, 2.75) is 24.7 Å². The molecule has 0 atom stereocenters. The van der Waals surface area contributed by atoms with E-state index in [4.69, 9.17) is 16.3 Å². The Morgan fingerprint density at radius 1 is 1.35 bits per heavy atom. The molecule has 0 saturated carbocycles. The molecule has 1 aromatic rings. The van der Waals surface area contributed by atoms with Crippen LogP contribution in [0.15, 0.2) is 23.1 Å². The standard InChI is InChI=1S/C15H23ClN2O3S.ClH/c1-12-13(16)4-3-5-14(12)22(19,20)18-10-15(11-21-2)6-8-17-9-7-15;/h3-5,17-18H,6-11H2,1-2H3;1H. The van der Waals surface area contributed by atoms with Crippen molar-refractivity contribution >= 4 is 34.0 Å². The summed E-state index contributed by atoms with van der Waals surface area (Å²) in [4.78, 5) is 0.238. The van der Waals surface area contributed by atoms with Crippen LogP contribution in [0.2, 0.25) is 5.02 Å². The van der Waals surface area contributed by atoms with Gasteiger partial charge in [0.1, 0.15) is 0 Å². The molecule has 1 aliphatic rings. The number of rotatable bonds is 6. The molecule has 0 spiro atoms. The molecule has 1 aliphatic heterocycles. The van der Waals surface area contributed by atoms with E-state index in [-0.39, 0.29) is 22.7 Å². The molecular weight excluding hydrogens is 359 g/mol. The molecule has 1 heterocycles. The third kappa shape index (κ3) is 5.05. The number of methoxy groups -OCH3 is 1. The zero-order valence-electron chi connectivity index (χ0n) is 13.4. The molecular formula is C15H24Cl2N2O3S. The Balaban J connectivity index is 0.00000264. The first-order valence-corrected chi connectivity index (χ1v) is 9.21. The second-order valence-electron chi connectivity index (χ2n) is 5.87. The number of hydrogen-bond acceptors (Lipinski definition) is 4. The van der Waals surface area contributed by atoms with Crippen LogP contribution >= 0.6 is 24.0 Å². The largest absolute Gasteiger partial charge is 0.384 e. The molecule has 8 heteroatoms. The summed E-state index contributed by atoms with van der Waals surface area (Å²) in [5.41, 5.74) is 0.419. The monoisotopic (exact) mass is 382 g/mol. The fourth-order valence-corrected chi connectivity index (χ4v) is 4.49. The zero-order chi connectivity index (χ0) is 16.2. The van der Waals surface area contributed by atoms with E-state index >= 15 is 0 Å². The number of piperidine rings is 1. The summed E-state index contributed by atoms with van der Waals surface area (Å²) in [6.07, 6.45) is 1.77. The van der Waals surface area contributed by atoms with Crippen molar-refractivity contribution in [2.75, 3.05) is 33.4 Å². The highest BCUT2D eigenvalue weighted by atomic mass is 35.5. The van der Waals surface area contributed by atoms with Crippen LogP contribution in [-0.4, -0.2) is 41.8 Å². The Kier molecular flexibility index (Phi) is 7.77. The lowest BCUT2D eigenvalue weighted by Crippen LogP contribution is -2.47. The van der Waals surface area contributed by atoms with Crippen molar-refractivity contribution in [2.24, 2.45) is 5.41 Å². The Labute approximate surface area is 149 Å². The van der Waals surface area contributed by atoms with Crippen molar-refractivity contribution < 1.29 is 13.2 Å². The SMILES string of the molecule is COCC1(CNS(=O)(=O)c2cccc(Cl)c2C)CCNCC1.Cl. The lowest BCUT2D eigenvalue weighted by Gasteiger charge is -2.37. The predicted octanol–water partition coefficient (Wildman–Crippen LogP) is 2.36. The fourth-order valence-electron chi connectivity index (χ4n) is 2.84. The van der Waals surface area contributed by atoms with Crippen molar-refractivity contribution in [3.8, 4) is 0 Å². The second kappa shape index (κ2) is 8.65. The summed E-state index contributed by atoms with van der Waals surface area (Å²) in [7, 11) is -1.93. The normalized spacial score (nSPS) is 17.5. The van der Waals surface area contributed by atoms with Gasteiger partial charge in [-0.2, -0.15) is 0 Å². The molecule has 23 heavy (non-hydrogen) atoms. The Hall–Kier alpha value is -0.370. The summed E-state index contributed by atoms with van der Waals surface area (Å²) < 4.78 is 33.2. The number of halogens is 2. The van der Waals surface area contributed by atoms with Crippen LogP contribution in [0.4, 0.5) is 0 Å². The molecule has 5 nitrogen and oxygen atoms in total. The minimum Gasteiger partial charge on any atom is -0.384 e. The first-order valence-electron chi connectivity index (χ1n) is 7.35. The van der Waals surface area contributed by atoms with Crippen molar-refractivity contribution in [3.05, 3.63) is 28.8 Å². The van der Waals surface area contributed by atoms with Crippen LogP contribution in [0.3, 0.4) is 0 Å². The Bertz CT molecular complexity index is 612. The van der Waals surface area contributed by atoms with E-state index in [2.05, 4.69) is 10.0 Å². The molecule has 132 valence electrons. The maximum Gasteiger partial charge on any atom is 0.240 e. The maximum atomic E-state index is 12.6. The van der Waals surface area contributed by atoms with E-state index < -0.39 is 10.0 Å². The predicted molar refractivity (Wildman–Crippen MR) is 95.0 cm³/mol. The smallest absolute Gasteiger partial charge is 0.240 e. The molecule has 0 aliphatic carbocycles. The number of hydrogen-bond donors (Lipinski definition) is 2. The zero-order valence-corrected chi connectivity index (χ0v) is 15.8. The van der Waals surface area contributed by atoms with Crippen LogP contribution in [0, 0.1) is 12.3 Å². The molecule has 0 radical (unpaired) electrons. The van der Waals surface area contributed by atoms with Crippen molar-refractivity contribution in [1.82, 2.24) is 10.0 Å². The van der Waals surface area contributed by atoms with E-state index in [0.717, 1.165) is 25.9 Å².